The van der Waals surface area contributed by atoms with Crippen LogP contribution in [0.1, 0.15) is 26.2 Å². The van der Waals surface area contributed by atoms with Crippen molar-refractivity contribution in [3.8, 4) is 6.07 Å². The summed E-state index contributed by atoms with van der Waals surface area (Å²) in [4.78, 5) is 0. The second-order valence-electron chi connectivity index (χ2n) is 5.17. The third-order valence-corrected chi connectivity index (χ3v) is 6.91. The van der Waals surface area contributed by atoms with Crippen molar-refractivity contribution in [1.29, 1.82) is 5.26 Å². The molecule has 0 bridgehead atoms. The summed E-state index contributed by atoms with van der Waals surface area (Å²) in [6.45, 7) is 8.66. The van der Waals surface area contributed by atoms with E-state index in [-0.39, 0.29) is 5.04 Å². The number of hydrogen-bond donors (Lipinski definition) is 2. The third-order valence-electron chi connectivity index (χ3n) is 3.32. The third kappa shape index (κ3) is 3.98. The minimum Gasteiger partial charge on any atom is -0.427 e. The van der Waals surface area contributed by atoms with Gasteiger partial charge in [0.05, 0.1) is 14.1 Å². The van der Waals surface area contributed by atoms with Crippen molar-refractivity contribution >= 4 is 15.2 Å². The summed E-state index contributed by atoms with van der Waals surface area (Å²) in [5.41, 5.74) is 0. The van der Waals surface area contributed by atoms with Gasteiger partial charge in [-0.2, -0.15) is 5.26 Å². The Labute approximate surface area is 94.3 Å². The summed E-state index contributed by atoms with van der Waals surface area (Å²) >= 11 is 0. The molecule has 0 aromatic heterocycles. The molecule has 0 spiro atoms. The first-order valence-electron chi connectivity index (χ1n) is 5.56. The van der Waals surface area contributed by atoms with Crippen LogP contribution in [0.2, 0.25) is 31.0 Å². The van der Waals surface area contributed by atoms with Gasteiger partial charge < -0.3 is 10.0 Å². The second-order valence-corrected chi connectivity index (χ2v) is 10.6. The molecule has 0 saturated heterocycles. The number of hydrogen-bond acceptors (Lipinski definition) is 3. The van der Waals surface area contributed by atoms with Gasteiger partial charge in [0.25, 0.3) is 0 Å². The van der Waals surface area contributed by atoms with E-state index in [0.29, 0.717) is 12.7 Å². The lowest BCUT2D eigenvalue weighted by Gasteiger charge is -2.37. The zero-order valence-corrected chi connectivity index (χ0v) is 11.2. The van der Waals surface area contributed by atoms with Gasteiger partial charge in [0, 0.05) is 5.04 Å². The Morgan fingerprint density at radius 1 is 1.33 bits per heavy atom. The number of rotatable bonds is 6. The van der Waals surface area contributed by atoms with Gasteiger partial charge in [-0.15, -0.1) is 0 Å². The highest BCUT2D eigenvalue weighted by Crippen LogP contribution is 2.45. The van der Waals surface area contributed by atoms with E-state index in [1.165, 1.54) is 0 Å². The van der Waals surface area contributed by atoms with Gasteiger partial charge in [0.2, 0.25) is 0 Å². The predicted molar refractivity (Wildman–Crippen MR) is 66.2 cm³/mol. The van der Waals surface area contributed by atoms with Gasteiger partial charge >= 0.3 is 7.12 Å². The minimum atomic E-state index is -1.53. The molecule has 1 unspecified atom stereocenters. The normalized spacial score (nSPS) is 15.5. The lowest BCUT2D eigenvalue weighted by molar-refractivity contribution is 0.399. The first-order chi connectivity index (χ1) is 6.79. The maximum absolute atomic E-state index is 9.34. The van der Waals surface area contributed by atoms with E-state index < -0.39 is 15.2 Å². The quantitative estimate of drug-likeness (QED) is 0.684. The van der Waals surface area contributed by atoms with E-state index in [1.54, 1.807) is 0 Å². The molecule has 0 heterocycles. The van der Waals surface area contributed by atoms with Crippen LogP contribution in [0.15, 0.2) is 0 Å². The van der Waals surface area contributed by atoms with Crippen molar-refractivity contribution in [2.24, 2.45) is 0 Å². The SMILES string of the molecule is CCC(C#N)(CCCB(O)O)[Si](C)(C)C. The largest absolute Gasteiger partial charge is 0.451 e. The number of nitrogens with zero attached hydrogens (tertiary/aromatic N) is 1. The summed E-state index contributed by atoms with van der Waals surface area (Å²) in [5.74, 6) is 0. The van der Waals surface area contributed by atoms with Crippen LogP contribution < -0.4 is 0 Å². The Bertz CT molecular complexity index is 235. The highest BCUT2D eigenvalue weighted by molar-refractivity contribution is 6.79. The van der Waals surface area contributed by atoms with Gasteiger partial charge in [-0.05, 0) is 19.2 Å². The lowest BCUT2D eigenvalue weighted by atomic mass is 9.82. The lowest BCUT2D eigenvalue weighted by Crippen LogP contribution is -2.38. The van der Waals surface area contributed by atoms with Crippen LogP contribution in [0, 0.1) is 11.3 Å². The summed E-state index contributed by atoms with van der Waals surface area (Å²) < 4.78 is 0. The zero-order valence-electron chi connectivity index (χ0n) is 10.2. The molecule has 86 valence electrons. The van der Waals surface area contributed by atoms with Gasteiger partial charge in [0.1, 0.15) is 0 Å². The molecule has 2 N–H and O–H groups in total. The van der Waals surface area contributed by atoms with Crippen molar-refractivity contribution in [2.45, 2.75) is 57.2 Å². The Balaban J connectivity index is 4.48. The molecule has 3 nitrogen and oxygen atoms in total. The van der Waals surface area contributed by atoms with Crippen LogP contribution in [0.4, 0.5) is 0 Å². The molecule has 0 rings (SSSR count). The fourth-order valence-corrected chi connectivity index (χ4v) is 4.29. The van der Waals surface area contributed by atoms with Crippen molar-refractivity contribution in [3.05, 3.63) is 0 Å². The monoisotopic (exact) mass is 227 g/mol. The molecule has 0 aliphatic rings. The molecule has 0 aromatic carbocycles. The summed E-state index contributed by atoms with van der Waals surface area (Å²) in [5, 5.41) is 26.7. The molecule has 0 fully saturated rings. The van der Waals surface area contributed by atoms with Crippen LogP contribution in [0.5, 0.6) is 0 Å². The molecule has 5 heteroatoms. The highest BCUT2D eigenvalue weighted by Gasteiger charge is 2.41. The zero-order chi connectivity index (χ0) is 12.1. The van der Waals surface area contributed by atoms with Crippen molar-refractivity contribution in [3.63, 3.8) is 0 Å². The van der Waals surface area contributed by atoms with Gasteiger partial charge in [-0.1, -0.05) is 33.0 Å². The van der Waals surface area contributed by atoms with Crippen LogP contribution in [-0.2, 0) is 0 Å². The summed E-state index contributed by atoms with van der Waals surface area (Å²) in [6, 6.07) is 2.48. The topological polar surface area (TPSA) is 64.2 Å². The average molecular weight is 227 g/mol. The molecular formula is C10H22BNO2Si. The molecule has 0 aliphatic carbocycles. The molecule has 0 radical (unpaired) electrons. The van der Waals surface area contributed by atoms with Crippen LogP contribution in [0.3, 0.4) is 0 Å². The van der Waals surface area contributed by atoms with Gasteiger partial charge in [-0.25, -0.2) is 0 Å². The van der Waals surface area contributed by atoms with E-state index in [4.69, 9.17) is 10.0 Å². The summed E-state index contributed by atoms with van der Waals surface area (Å²) in [7, 11) is -2.77. The Hall–Kier alpha value is -0.308. The van der Waals surface area contributed by atoms with E-state index in [0.717, 1.165) is 12.8 Å². The molecule has 15 heavy (non-hydrogen) atoms. The molecule has 0 saturated carbocycles. The van der Waals surface area contributed by atoms with Crippen molar-refractivity contribution in [1.82, 2.24) is 0 Å². The molecule has 0 amide bonds. The van der Waals surface area contributed by atoms with Crippen molar-refractivity contribution < 1.29 is 10.0 Å². The molecule has 0 aliphatic heterocycles. The van der Waals surface area contributed by atoms with Gasteiger partial charge in [-0.3, -0.25) is 0 Å². The molecular weight excluding hydrogens is 205 g/mol. The Morgan fingerprint density at radius 3 is 2.13 bits per heavy atom. The number of nitriles is 1. The van der Waals surface area contributed by atoms with E-state index in [1.807, 2.05) is 0 Å². The first-order valence-corrected chi connectivity index (χ1v) is 9.06. The Morgan fingerprint density at radius 2 is 1.87 bits per heavy atom. The van der Waals surface area contributed by atoms with Crippen LogP contribution in [0.25, 0.3) is 0 Å². The summed E-state index contributed by atoms with van der Waals surface area (Å²) in [6.07, 6.45) is 2.73. The van der Waals surface area contributed by atoms with Crippen LogP contribution in [-0.4, -0.2) is 25.2 Å². The molecule has 1 atom stereocenters. The fraction of sp³-hybridized carbons (Fsp3) is 0.900. The smallest absolute Gasteiger partial charge is 0.427 e. The predicted octanol–water partition coefficient (Wildman–Crippen LogP) is 2.25. The first kappa shape index (κ1) is 14.7. The fourth-order valence-electron chi connectivity index (χ4n) is 1.97. The van der Waals surface area contributed by atoms with Gasteiger partial charge in [0.15, 0.2) is 0 Å². The van der Waals surface area contributed by atoms with Crippen LogP contribution >= 0.6 is 0 Å². The van der Waals surface area contributed by atoms with E-state index in [9.17, 15) is 5.26 Å². The van der Waals surface area contributed by atoms with E-state index >= 15 is 0 Å². The minimum absolute atomic E-state index is 0.220. The van der Waals surface area contributed by atoms with E-state index in [2.05, 4.69) is 32.6 Å². The Kier molecular flexibility index (Phi) is 5.57. The highest BCUT2D eigenvalue weighted by atomic mass is 28.3. The second kappa shape index (κ2) is 5.69. The standard InChI is InChI=1S/C10H22BNO2Si/c1-5-10(9-12,15(2,3)4)7-6-8-11(13)14/h13-14H,5-8H2,1-4H3. The maximum atomic E-state index is 9.34. The average Bonchev–Trinajstić information content (AvgIpc) is 2.10. The molecule has 0 aromatic rings. The van der Waals surface area contributed by atoms with Crippen molar-refractivity contribution in [2.75, 3.05) is 0 Å². The maximum Gasteiger partial charge on any atom is 0.451 e.